The molecule has 1 amide bonds. The van der Waals surface area contributed by atoms with E-state index in [-0.39, 0.29) is 5.91 Å². The molecule has 1 fully saturated rings. The van der Waals surface area contributed by atoms with Crippen molar-refractivity contribution in [2.75, 3.05) is 31.1 Å². The molecule has 3 aromatic rings. The van der Waals surface area contributed by atoms with Gasteiger partial charge < -0.3 is 9.80 Å². The molecule has 1 aliphatic rings. The van der Waals surface area contributed by atoms with E-state index in [1.165, 1.54) is 0 Å². The summed E-state index contributed by atoms with van der Waals surface area (Å²) in [6.45, 7) is 2.99. The molecule has 4 heterocycles. The predicted molar refractivity (Wildman–Crippen MR) is 92.1 cm³/mol. The molecular weight excluding hydrogens is 318 g/mol. The van der Waals surface area contributed by atoms with E-state index < -0.39 is 0 Å². The van der Waals surface area contributed by atoms with Crippen LogP contribution in [0, 0.1) is 0 Å². The van der Waals surface area contributed by atoms with Gasteiger partial charge in [0, 0.05) is 63.6 Å². The number of nitrogens with zero attached hydrogens (tertiary/aromatic N) is 7. The zero-order valence-electron chi connectivity index (χ0n) is 13.8. The van der Waals surface area contributed by atoms with Crippen LogP contribution in [0.5, 0.6) is 0 Å². The van der Waals surface area contributed by atoms with Gasteiger partial charge in [-0.1, -0.05) is 0 Å². The number of amides is 1. The number of rotatable bonds is 4. The average molecular weight is 337 g/mol. The average Bonchev–Trinajstić information content (AvgIpc) is 3.15. The molecule has 0 aromatic carbocycles. The summed E-state index contributed by atoms with van der Waals surface area (Å²) >= 11 is 0. The number of carbonyl (C=O) groups excluding carboxylic acids is 1. The van der Waals surface area contributed by atoms with Crippen LogP contribution in [0.3, 0.4) is 0 Å². The summed E-state index contributed by atoms with van der Waals surface area (Å²) in [4.78, 5) is 29.0. The molecule has 3 aromatic heterocycles. The minimum absolute atomic E-state index is 0.170. The molecule has 0 radical (unpaired) electrons. The Morgan fingerprint density at radius 3 is 2.72 bits per heavy atom. The molecule has 0 N–H and O–H groups in total. The van der Waals surface area contributed by atoms with Crippen molar-refractivity contribution in [2.45, 2.75) is 12.8 Å². The van der Waals surface area contributed by atoms with Crippen LogP contribution >= 0.6 is 0 Å². The lowest BCUT2D eigenvalue weighted by Crippen LogP contribution is -2.49. The molecule has 0 spiro atoms. The van der Waals surface area contributed by atoms with E-state index in [9.17, 15) is 4.79 Å². The molecule has 4 rings (SSSR count). The third-order valence-electron chi connectivity index (χ3n) is 4.41. The van der Waals surface area contributed by atoms with Crippen molar-refractivity contribution in [1.82, 2.24) is 29.5 Å². The quantitative estimate of drug-likeness (QED) is 0.701. The Morgan fingerprint density at radius 2 is 1.92 bits per heavy atom. The topological polar surface area (TPSA) is 79.5 Å². The summed E-state index contributed by atoms with van der Waals surface area (Å²) in [6, 6.07) is 3.94. The van der Waals surface area contributed by atoms with Crippen molar-refractivity contribution in [3.63, 3.8) is 0 Å². The lowest BCUT2D eigenvalue weighted by Gasteiger charge is -2.35. The number of imidazole rings is 1. The highest BCUT2D eigenvalue weighted by Gasteiger charge is 2.22. The molecule has 0 bridgehead atoms. The standard InChI is InChI=1S/C17H19N7O/c25-17(4-1-14-13-18-5-6-19-14)23-11-9-22(10-12-23)16-3-2-15-20-7-8-24(15)21-16/h2-3,5-8,13H,1,4,9-12H2. The second kappa shape index (κ2) is 6.84. The summed E-state index contributed by atoms with van der Waals surface area (Å²) in [6.07, 6.45) is 9.68. The van der Waals surface area contributed by atoms with Crippen LogP contribution in [0.15, 0.2) is 43.1 Å². The van der Waals surface area contributed by atoms with E-state index in [1.54, 1.807) is 29.3 Å². The van der Waals surface area contributed by atoms with Crippen molar-refractivity contribution in [2.24, 2.45) is 0 Å². The van der Waals surface area contributed by atoms with E-state index in [2.05, 4.69) is 25.0 Å². The lowest BCUT2D eigenvalue weighted by atomic mass is 10.2. The van der Waals surface area contributed by atoms with E-state index in [0.29, 0.717) is 25.9 Å². The van der Waals surface area contributed by atoms with Crippen molar-refractivity contribution in [1.29, 1.82) is 0 Å². The lowest BCUT2D eigenvalue weighted by molar-refractivity contribution is -0.131. The van der Waals surface area contributed by atoms with Gasteiger partial charge in [-0.15, -0.1) is 5.10 Å². The molecule has 1 aliphatic heterocycles. The van der Waals surface area contributed by atoms with Crippen molar-refractivity contribution in [3.8, 4) is 0 Å². The van der Waals surface area contributed by atoms with Crippen LogP contribution in [0.1, 0.15) is 12.1 Å². The van der Waals surface area contributed by atoms with Gasteiger partial charge in [0.1, 0.15) is 5.82 Å². The van der Waals surface area contributed by atoms with Crippen LogP contribution in [-0.4, -0.2) is 61.6 Å². The fourth-order valence-corrected chi connectivity index (χ4v) is 3.01. The molecule has 8 heteroatoms. The molecule has 0 saturated carbocycles. The van der Waals surface area contributed by atoms with Gasteiger partial charge in [-0.25, -0.2) is 9.50 Å². The number of hydrogen-bond acceptors (Lipinski definition) is 6. The van der Waals surface area contributed by atoms with Crippen molar-refractivity contribution in [3.05, 3.63) is 48.8 Å². The first-order valence-electron chi connectivity index (χ1n) is 8.37. The predicted octanol–water partition coefficient (Wildman–Crippen LogP) is 0.801. The zero-order valence-corrected chi connectivity index (χ0v) is 13.8. The first kappa shape index (κ1) is 15.5. The maximum Gasteiger partial charge on any atom is 0.223 e. The molecular formula is C17H19N7O. The van der Waals surface area contributed by atoms with Crippen LogP contribution in [0.2, 0.25) is 0 Å². The Hall–Kier alpha value is -3.03. The maximum absolute atomic E-state index is 12.4. The molecule has 128 valence electrons. The Morgan fingerprint density at radius 1 is 1.04 bits per heavy atom. The third-order valence-corrected chi connectivity index (χ3v) is 4.41. The number of fused-ring (bicyclic) bond motifs is 1. The molecule has 0 atom stereocenters. The summed E-state index contributed by atoms with van der Waals surface area (Å²) in [5, 5.41) is 4.57. The van der Waals surface area contributed by atoms with Crippen LogP contribution in [0.4, 0.5) is 5.82 Å². The first-order chi connectivity index (χ1) is 12.3. The molecule has 25 heavy (non-hydrogen) atoms. The second-order valence-electron chi connectivity index (χ2n) is 5.99. The van der Waals surface area contributed by atoms with Gasteiger partial charge in [0.05, 0.1) is 5.69 Å². The van der Waals surface area contributed by atoms with E-state index in [1.807, 2.05) is 23.2 Å². The zero-order chi connectivity index (χ0) is 17.1. The van der Waals surface area contributed by atoms with Crippen LogP contribution in [0.25, 0.3) is 5.65 Å². The number of hydrogen-bond donors (Lipinski definition) is 0. The molecule has 0 aliphatic carbocycles. The van der Waals surface area contributed by atoms with Gasteiger partial charge in [0.15, 0.2) is 5.65 Å². The Labute approximate surface area is 145 Å². The minimum atomic E-state index is 0.170. The highest BCUT2D eigenvalue weighted by molar-refractivity contribution is 5.76. The molecule has 0 unspecified atom stereocenters. The van der Waals surface area contributed by atoms with Gasteiger partial charge in [0.25, 0.3) is 0 Å². The van der Waals surface area contributed by atoms with E-state index in [0.717, 1.165) is 30.2 Å². The van der Waals surface area contributed by atoms with Gasteiger partial charge >= 0.3 is 0 Å². The van der Waals surface area contributed by atoms with Gasteiger partial charge in [-0.2, -0.15) is 0 Å². The number of piperazine rings is 1. The van der Waals surface area contributed by atoms with Gasteiger partial charge in [-0.3, -0.25) is 14.8 Å². The van der Waals surface area contributed by atoms with Crippen molar-refractivity contribution >= 4 is 17.4 Å². The second-order valence-corrected chi connectivity index (χ2v) is 5.99. The van der Waals surface area contributed by atoms with Crippen LogP contribution < -0.4 is 4.90 Å². The largest absolute Gasteiger partial charge is 0.352 e. The first-order valence-corrected chi connectivity index (χ1v) is 8.37. The normalized spacial score (nSPS) is 14.9. The fourth-order valence-electron chi connectivity index (χ4n) is 3.01. The summed E-state index contributed by atoms with van der Waals surface area (Å²) in [7, 11) is 0. The van der Waals surface area contributed by atoms with E-state index in [4.69, 9.17) is 0 Å². The van der Waals surface area contributed by atoms with Crippen LogP contribution in [-0.2, 0) is 11.2 Å². The number of aryl methyl sites for hydroxylation is 1. The number of carbonyl (C=O) groups is 1. The highest BCUT2D eigenvalue weighted by atomic mass is 16.2. The third kappa shape index (κ3) is 3.42. The van der Waals surface area contributed by atoms with E-state index >= 15 is 0 Å². The number of aromatic nitrogens is 5. The smallest absolute Gasteiger partial charge is 0.223 e. The SMILES string of the molecule is O=C(CCc1cnccn1)N1CCN(c2ccc3nccn3n2)CC1. The summed E-state index contributed by atoms with van der Waals surface area (Å²) in [5.41, 5.74) is 1.69. The highest BCUT2D eigenvalue weighted by Crippen LogP contribution is 2.15. The summed E-state index contributed by atoms with van der Waals surface area (Å²) in [5.74, 6) is 1.08. The summed E-state index contributed by atoms with van der Waals surface area (Å²) < 4.78 is 1.77. The molecule has 1 saturated heterocycles. The minimum Gasteiger partial charge on any atom is -0.352 e. The van der Waals surface area contributed by atoms with Gasteiger partial charge in [-0.05, 0) is 18.6 Å². The fraction of sp³-hybridized carbons (Fsp3) is 0.353. The molecule has 8 nitrogen and oxygen atoms in total. The monoisotopic (exact) mass is 337 g/mol. The Bertz CT molecular complexity index is 856. The van der Waals surface area contributed by atoms with Crippen molar-refractivity contribution < 1.29 is 4.79 Å². The van der Waals surface area contributed by atoms with Gasteiger partial charge in [0.2, 0.25) is 5.91 Å². The number of anilines is 1. The Kier molecular flexibility index (Phi) is 4.24. The Balaban J connectivity index is 1.32. The maximum atomic E-state index is 12.4.